The first-order chi connectivity index (χ1) is 8.22. The van der Waals surface area contributed by atoms with Gasteiger partial charge in [0, 0.05) is 19.4 Å². The van der Waals surface area contributed by atoms with Crippen LogP contribution in [0.25, 0.3) is 0 Å². The number of nitrogens with zero attached hydrogens (tertiary/aromatic N) is 3. The van der Waals surface area contributed by atoms with E-state index < -0.39 is 0 Å². The SMILES string of the molecule is CCCC(=O)NCc1nnc(C2CCC2)n1C. The highest BCUT2D eigenvalue weighted by molar-refractivity contribution is 5.75. The highest BCUT2D eigenvalue weighted by atomic mass is 16.1. The average molecular weight is 236 g/mol. The first-order valence-electron chi connectivity index (χ1n) is 6.37. The van der Waals surface area contributed by atoms with E-state index in [1.165, 1.54) is 19.3 Å². The summed E-state index contributed by atoms with van der Waals surface area (Å²) in [6.07, 6.45) is 5.17. The molecule has 0 unspecified atom stereocenters. The van der Waals surface area contributed by atoms with Crippen molar-refractivity contribution in [1.29, 1.82) is 0 Å². The molecule has 1 aromatic heterocycles. The van der Waals surface area contributed by atoms with Crippen molar-refractivity contribution >= 4 is 5.91 Å². The molecule has 0 atom stereocenters. The van der Waals surface area contributed by atoms with E-state index in [1.807, 2.05) is 18.5 Å². The van der Waals surface area contributed by atoms with E-state index in [-0.39, 0.29) is 5.91 Å². The monoisotopic (exact) mass is 236 g/mol. The number of amides is 1. The molecule has 0 radical (unpaired) electrons. The number of nitrogens with one attached hydrogen (secondary N) is 1. The van der Waals surface area contributed by atoms with Crippen LogP contribution < -0.4 is 5.32 Å². The standard InChI is InChI=1S/C12H20N4O/c1-3-5-11(17)13-8-10-14-15-12(16(10)2)9-6-4-7-9/h9H,3-8H2,1-2H3,(H,13,17). The van der Waals surface area contributed by atoms with Gasteiger partial charge in [-0.3, -0.25) is 4.79 Å². The summed E-state index contributed by atoms with van der Waals surface area (Å²) in [7, 11) is 1.98. The Labute approximate surface area is 102 Å². The van der Waals surface area contributed by atoms with Gasteiger partial charge in [-0.05, 0) is 19.3 Å². The zero-order valence-corrected chi connectivity index (χ0v) is 10.6. The molecule has 5 heteroatoms. The first-order valence-corrected chi connectivity index (χ1v) is 6.37. The van der Waals surface area contributed by atoms with Crippen LogP contribution in [0, 0.1) is 0 Å². The van der Waals surface area contributed by atoms with Crippen molar-refractivity contribution in [2.45, 2.75) is 51.5 Å². The van der Waals surface area contributed by atoms with Crippen molar-refractivity contribution in [1.82, 2.24) is 20.1 Å². The molecule has 1 saturated carbocycles. The van der Waals surface area contributed by atoms with Gasteiger partial charge in [0.1, 0.15) is 5.82 Å². The predicted octanol–water partition coefficient (Wildman–Crippen LogP) is 1.50. The van der Waals surface area contributed by atoms with Gasteiger partial charge >= 0.3 is 0 Å². The number of carbonyl (C=O) groups excluding carboxylic acids is 1. The van der Waals surface area contributed by atoms with Crippen LogP contribution in [0.5, 0.6) is 0 Å². The second kappa shape index (κ2) is 5.29. The third-order valence-electron chi connectivity index (χ3n) is 3.39. The second-order valence-electron chi connectivity index (χ2n) is 4.69. The maximum absolute atomic E-state index is 11.4. The molecule has 0 bridgehead atoms. The molecule has 1 aromatic rings. The molecular formula is C12H20N4O. The minimum absolute atomic E-state index is 0.0840. The molecule has 1 fully saturated rings. The Morgan fingerprint density at radius 1 is 1.47 bits per heavy atom. The summed E-state index contributed by atoms with van der Waals surface area (Å²) in [5.74, 6) is 2.57. The lowest BCUT2D eigenvalue weighted by atomic mass is 9.85. The van der Waals surface area contributed by atoms with Crippen LogP contribution in [0.1, 0.15) is 56.6 Å². The zero-order chi connectivity index (χ0) is 12.3. The number of hydrogen-bond acceptors (Lipinski definition) is 3. The van der Waals surface area contributed by atoms with Gasteiger partial charge in [-0.1, -0.05) is 13.3 Å². The molecular weight excluding hydrogens is 216 g/mol. The topological polar surface area (TPSA) is 59.8 Å². The molecule has 94 valence electrons. The highest BCUT2D eigenvalue weighted by Crippen LogP contribution is 2.34. The molecule has 0 spiro atoms. The largest absolute Gasteiger partial charge is 0.349 e. The number of carbonyl (C=O) groups is 1. The second-order valence-corrected chi connectivity index (χ2v) is 4.69. The molecule has 1 N–H and O–H groups in total. The van der Waals surface area contributed by atoms with E-state index in [0.29, 0.717) is 18.9 Å². The summed E-state index contributed by atoms with van der Waals surface area (Å²) in [5.41, 5.74) is 0. The van der Waals surface area contributed by atoms with E-state index >= 15 is 0 Å². The zero-order valence-electron chi connectivity index (χ0n) is 10.6. The quantitative estimate of drug-likeness (QED) is 0.842. The van der Waals surface area contributed by atoms with Crippen molar-refractivity contribution in [3.05, 3.63) is 11.6 Å². The summed E-state index contributed by atoms with van der Waals surface area (Å²) >= 11 is 0. The van der Waals surface area contributed by atoms with Gasteiger partial charge in [0.05, 0.1) is 6.54 Å². The molecule has 1 amide bonds. The van der Waals surface area contributed by atoms with Gasteiger partial charge in [-0.2, -0.15) is 0 Å². The van der Waals surface area contributed by atoms with E-state index in [9.17, 15) is 4.79 Å². The molecule has 5 nitrogen and oxygen atoms in total. The summed E-state index contributed by atoms with van der Waals surface area (Å²) in [5, 5.41) is 11.2. The van der Waals surface area contributed by atoms with E-state index in [2.05, 4.69) is 15.5 Å². The van der Waals surface area contributed by atoms with Crippen molar-refractivity contribution < 1.29 is 4.79 Å². The molecule has 1 aliphatic rings. The molecule has 17 heavy (non-hydrogen) atoms. The van der Waals surface area contributed by atoms with Gasteiger partial charge in [0.25, 0.3) is 0 Å². The lowest BCUT2D eigenvalue weighted by Crippen LogP contribution is -2.24. The minimum Gasteiger partial charge on any atom is -0.349 e. The first kappa shape index (κ1) is 12.1. The van der Waals surface area contributed by atoms with Crippen molar-refractivity contribution in [3.8, 4) is 0 Å². The summed E-state index contributed by atoms with van der Waals surface area (Å²) < 4.78 is 2.02. The maximum Gasteiger partial charge on any atom is 0.220 e. The van der Waals surface area contributed by atoms with Crippen molar-refractivity contribution in [2.24, 2.45) is 7.05 Å². The fourth-order valence-electron chi connectivity index (χ4n) is 2.04. The number of aromatic nitrogens is 3. The van der Waals surface area contributed by atoms with E-state index in [1.54, 1.807) is 0 Å². The van der Waals surface area contributed by atoms with Crippen molar-refractivity contribution in [2.75, 3.05) is 0 Å². The molecule has 1 heterocycles. The predicted molar refractivity (Wildman–Crippen MR) is 64.3 cm³/mol. The van der Waals surface area contributed by atoms with Gasteiger partial charge in [0.2, 0.25) is 5.91 Å². The van der Waals surface area contributed by atoms with E-state index in [0.717, 1.165) is 18.1 Å². The lowest BCUT2D eigenvalue weighted by molar-refractivity contribution is -0.121. The molecule has 0 saturated heterocycles. The Hall–Kier alpha value is -1.39. The third-order valence-corrected chi connectivity index (χ3v) is 3.39. The Balaban J connectivity index is 1.92. The van der Waals surface area contributed by atoms with Crippen LogP contribution in [-0.2, 0) is 18.4 Å². The molecule has 1 aliphatic carbocycles. The van der Waals surface area contributed by atoms with Crippen LogP contribution in [0.4, 0.5) is 0 Å². The number of hydrogen-bond donors (Lipinski definition) is 1. The Kier molecular flexibility index (Phi) is 3.76. The highest BCUT2D eigenvalue weighted by Gasteiger charge is 2.25. The van der Waals surface area contributed by atoms with Gasteiger partial charge in [0.15, 0.2) is 5.82 Å². The van der Waals surface area contributed by atoms with Crippen LogP contribution in [0.15, 0.2) is 0 Å². The van der Waals surface area contributed by atoms with Gasteiger partial charge < -0.3 is 9.88 Å². The molecule has 2 rings (SSSR count). The molecule has 0 aliphatic heterocycles. The Morgan fingerprint density at radius 2 is 2.24 bits per heavy atom. The lowest BCUT2D eigenvalue weighted by Gasteiger charge is -2.24. The maximum atomic E-state index is 11.4. The third kappa shape index (κ3) is 2.65. The smallest absolute Gasteiger partial charge is 0.220 e. The fraction of sp³-hybridized carbons (Fsp3) is 0.750. The average Bonchev–Trinajstić information content (AvgIpc) is 2.57. The normalized spacial score (nSPS) is 15.6. The van der Waals surface area contributed by atoms with Crippen LogP contribution in [0.2, 0.25) is 0 Å². The minimum atomic E-state index is 0.0840. The van der Waals surface area contributed by atoms with Crippen LogP contribution in [-0.4, -0.2) is 20.7 Å². The van der Waals surface area contributed by atoms with Gasteiger partial charge in [-0.15, -0.1) is 10.2 Å². The van der Waals surface area contributed by atoms with Crippen LogP contribution >= 0.6 is 0 Å². The Morgan fingerprint density at radius 3 is 2.82 bits per heavy atom. The van der Waals surface area contributed by atoms with E-state index in [4.69, 9.17) is 0 Å². The fourth-order valence-corrected chi connectivity index (χ4v) is 2.04. The summed E-state index contributed by atoms with van der Waals surface area (Å²) in [6.45, 7) is 2.48. The number of rotatable bonds is 5. The van der Waals surface area contributed by atoms with Crippen LogP contribution in [0.3, 0.4) is 0 Å². The Bertz CT molecular complexity index is 395. The van der Waals surface area contributed by atoms with Crippen molar-refractivity contribution in [3.63, 3.8) is 0 Å². The van der Waals surface area contributed by atoms with Gasteiger partial charge in [-0.25, -0.2) is 0 Å². The summed E-state index contributed by atoms with van der Waals surface area (Å²) in [6, 6.07) is 0. The molecule has 0 aromatic carbocycles. The summed E-state index contributed by atoms with van der Waals surface area (Å²) in [4.78, 5) is 11.4.